The topological polar surface area (TPSA) is 68.8 Å². The second-order valence-electron chi connectivity index (χ2n) is 6.62. The van der Waals surface area contributed by atoms with Crippen molar-refractivity contribution in [3.63, 3.8) is 0 Å². The Labute approximate surface area is 126 Å². The van der Waals surface area contributed by atoms with E-state index >= 15 is 0 Å². The molecule has 0 aliphatic carbocycles. The monoisotopic (exact) mass is 300 g/mol. The number of carbonyl (C=O) groups excluding carboxylic acids is 1. The number of hydrogen-bond donors (Lipinski definition) is 2. The first-order valence-corrected chi connectivity index (χ1v) is 7.75. The summed E-state index contributed by atoms with van der Waals surface area (Å²) in [6, 6.07) is -0.214. The van der Waals surface area contributed by atoms with Crippen LogP contribution in [0.3, 0.4) is 0 Å². The van der Waals surface area contributed by atoms with E-state index in [1.165, 1.54) is 0 Å². The van der Waals surface area contributed by atoms with Gasteiger partial charge in [-0.15, -0.1) is 0 Å². The van der Waals surface area contributed by atoms with E-state index in [0.717, 1.165) is 26.1 Å². The minimum absolute atomic E-state index is 0.0562. The highest BCUT2D eigenvalue weighted by Crippen LogP contribution is 2.33. The predicted molar refractivity (Wildman–Crippen MR) is 79.3 cm³/mol. The maximum absolute atomic E-state index is 12.0. The molecule has 0 aromatic rings. The van der Waals surface area contributed by atoms with Crippen molar-refractivity contribution in [3.05, 3.63) is 0 Å². The number of rotatable bonds is 5. The van der Waals surface area contributed by atoms with Crippen molar-refractivity contribution >= 4 is 6.03 Å². The molecule has 122 valence electrons. The Balaban J connectivity index is 1.74. The van der Waals surface area contributed by atoms with Crippen LogP contribution >= 0.6 is 0 Å². The third-order valence-electron chi connectivity index (χ3n) is 4.68. The van der Waals surface area contributed by atoms with Gasteiger partial charge < -0.3 is 24.8 Å². The molecule has 2 amide bonds. The minimum Gasteiger partial charge on any atom is -0.381 e. The Hall–Kier alpha value is -0.850. The van der Waals surface area contributed by atoms with Crippen molar-refractivity contribution in [2.75, 3.05) is 40.1 Å². The molecule has 0 bridgehead atoms. The first kappa shape index (κ1) is 16.5. The van der Waals surface area contributed by atoms with Crippen molar-refractivity contribution in [2.45, 2.75) is 38.8 Å². The molecule has 0 saturated carbocycles. The van der Waals surface area contributed by atoms with E-state index in [4.69, 9.17) is 14.2 Å². The van der Waals surface area contributed by atoms with Crippen LogP contribution in [0, 0.1) is 11.3 Å². The molecule has 6 nitrogen and oxygen atoms in total. The van der Waals surface area contributed by atoms with E-state index in [2.05, 4.69) is 24.5 Å². The van der Waals surface area contributed by atoms with Crippen LogP contribution in [-0.2, 0) is 14.2 Å². The summed E-state index contributed by atoms with van der Waals surface area (Å²) in [5, 5.41) is 5.92. The van der Waals surface area contributed by atoms with Crippen molar-refractivity contribution in [2.24, 2.45) is 11.3 Å². The maximum Gasteiger partial charge on any atom is 0.315 e. The van der Waals surface area contributed by atoms with Gasteiger partial charge in [0.2, 0.25) is 0 Å². The number of amides is 2. The predicted octanol–water partition coefficient (Wildman–Crippen LogP) is 1.15. The molecule has 0 aromatic carbocycles. The lowest BCUT2D eigenvalue weighted by Crippen LogP contribution is -2.50. The average Bonchev–Trinajstić information content (AvgIpc) is 2.93. The van der Waals surface area contributed by atoms with Gasteiger partial charge in [0.15, 0.2) is 0 Å². The molecule has 2 atom stereocenters. The molecular weight excluding hydrogens is 272 g/mol. The first-order valence-electron chi connectivity index (χ1n) is 7.75. The lowest BCUT2D eigenvalue weighted by Gasteiger charge is -2.37. The van der Waals surface area contributed by atoms with Gasteiger partial charge in [-0.1, -0.05) is 13.8 Å². The highest BCUT2D eigenvalue weighted by Gasteiger charge is 2.33. The Morgan fingerprint density at radius 3 is 2.62 bits per heavy atom. The zero-order valence-electron chi connectivity index (χ0n) is 13.3. The van der Waals surface area contributed by atoms with Crippen LogP contribution in [0.2, 0.25) is 0 Å². The molecule has 0 aromatic heterocycles. The fraction of sp³-hybridized carbons (Fsp3) is 0.933. The number of nitrogens with one attached hydrogen (secondary N) is 2. The van der Waals surface area contributed by atoms with Crippen LogP contribution < -0.4 is 10.6 Å². The van der Waals surface area contributed by atoms with Gasteiger partial charge in [0, 0.05) is 26.9 Å². The lowest BCUT2D eigenvalue weighted by molar-refractivity contribution is 0.0235. The number of urea groups is 1. The second-order valence-corrected chi connectivity index (χ2v) is 6.62. The van der Waals surface area contributed by atoms with Gasteiger partial charge in [-0.05, 0) is 24.2 Å². The summed E-state index contributed by atoms with van der Waals surface area (Å²) in [5.74, 6) is 0.591. The smallest absolute Gasteiger partial charge is 0.315 e. The molecule has 2 aliphatic rings. The molecule has 2 aliphatic heterocycles. The molecule has 0 radical (unpaired) electrons. The molecule has 6 heteroatoms. The third-order valence-corrected chi connectivity index (χ3v) is 4.68. The molecular formula is C15H28N2O4. The molecule has 2 saturated heterocycles. The fourth-order valence-corrected chi connectivity index (χ4v) is 3.05. The molecule has 0 spiro atoms. The standard InChI is InChI=1S/C15H28N2O4/c1-15(2,11-4-6-20-7-5-11)10-16-14(18)17-12-8-21-9-13(12)19-3/h11-13H,4-10H2,1-3H3,(H2,16,17,18)/t12-,13+/m0/s1. The normalized spacial score (nSPS) is 27.6. The van der Waals surface area contributed by atoms with E-state index in [9.17, 15) is 4.79 Å². The SMILES string of the molecule is CO[C@@H]1COC[C@@H]1NC(=O)NCC(C)(C)C1CCOCC1. The van der Waals surface area contributed by atoms with Crippen molar-refractivity contribution in [1.29, 1.82) is 0 Å². The highest BCUT2D eigenvalue weighted by atomic mass is 16.5. The Morgan fingerprint density at radius 2 is 1.95 bits per heavy atom. The van der Waals surface area contributed by atoms with E-state index < -0.39 is 0 Å². The quantitative estimate of drug-likeness (QED) is 0.799. The summed E-state index contributed by atoms with van der Waals surface area (Å²) in [7, 11) is 1.64. The summed E-state index contributed by atoms with van der Waals surface area (Å²) >= 11 is 0. The zero-order valence-corrected chi connectivity index (χ0v) is 13.3. The number of ether oxygens (including phenoxy) is 3. The molecule has 2 rings (SSSR count). The summed E-state index contributed by atoms with van der Waals surface area (Å²) in [6.07, 6.45) is 2.08. The maximum atomic E-state index is 12.0. The second kappa shape index (κ2) is 7.42. The zero-order chi connectivity index (χ0) is 15.3. The van der Waals surface area contributed by atoms with Crippen molar-refractivity contribution in [1.82, 2.24) is 10.6 Å². The highest BCUT2D eigenvalue weighted by molar-refractivity contribution is 5.74. The Bertz CT molecular complexity index is 343. The van der Waals surface area contributed by atoms with Gasteiger partial charge in [-0.3, -0.25) is 0 Å². The van der Waals surface area contributed by atoms with Crippen LogP contribution in [0.25, 0.3) is 0 Å². The first-order chi connectivity index (χ1) is 10.0. The van der Waals surface area contributed by atoms with Gasteiger partial charge in [-0.2, -0.15) is 0 Å². The minimum atomic E-state index is -0.146. The van der Waals surface area contributed by atoms with Gasteiger partial charge in [0.05, 0.1) is 19.3 Å². The van der Waals surface area contributed by atoms with Crippen molar-refractivity contribution < 1.29 is 19.0 Å². The summed E-state index contributed by atoms with van der Waals surface area (Å²) in [4.78, 5) is 12.0. The van der Waals surface area contributed by atoms with E-state index in [-0.39, 0.29) is 23.6 Å². The molecule has 2 heterocycles. The largest absolute Gasteiger partial charge is 0.381 e. The molecule has 21 heavy (non-hydrogen) atoms. The Morgan fingerprint density at radius 1 is 1.24 bits per heavy atom. The van der Waals surface area contributed by atoms with Gasteiger partial charge in [0.1, 0.15) is 6.10 Å². The van der Waals surface area contributed by atoms with E-state index in [0.29, 0.717) is 25.7 Å². The van der Waals surface area contributed by atoms with Crippen LogP contribution in [-0.4, -0.2) is 58.3 Å². The number of carbonyl (C=O) groups is 1. The van der Waals surface area contributed by atoms with Crippen LogP contribution in [0.15, 0.2) is 0 Å². The van der Waals surface area contributed by atoms with Crippen LogP contribution in [0.1, 0.15) is 26.7 Å². The van der Waals surface area contributed by atoms with Crippen LogP contribution in [0.4, 0.5) is 4.79 Å². The summed E-state index contributed by atoms with van der Waals surface area (Å²) in [6.45, 7) is 7.78. The fourth-order valence-electron chi connectivity index (χ4n) is 3.05. The lowest BCUT2D eigenvalue weighted by atomic mass is 9.74. The molecule has 0 unspecified atom stereocenters. The molecule has 2 N–H and O–H groups in total. The molecule has 2 fully saturated rings. The number of methoxy groups -OCH3 is 1. The van der Waals surface area contributed by atoms with Gasteiger partial charge in [0.25, 0.3) is 0 Å². The van der Waals surface area contributed by atoms with Crippen molar-refractivity contribution in [3.8, 4) is 0 Å². The average molecular weight is 300 g/mol. The summed E-state index contributed by atoms with van der Waals surface area (Å²) in [5.41, 5.74) is 0.0773. The van der Waals surface area contributed by atoms with Gasteiger partial charge >= 0.3 is 6.03 Å². The Kier molecular flexibility index (Phi) is 5.84. The third kappa shape index (κ3) is 4.56. The number of hydrogen-bond acceptors (Lipinski definition) is 4. The van der Waals surface area contributed by atoms with E-state index in [1.54, 1.807) is 7.11 Å². The summed E-state index contributed by atoms with van der Waals surface area (Å²) < 4.78 is 16.0. The van der Waals surface area contributed by atoms with E-state index in [1.807, 2.05) is 0 Å². The van der Waals surface area contributed by atoms with Gasteiger partial charge in [-0.25, -0.2) is 4.79 Å². The van der Waals surface area contributed by atoms with Crippen LogP contribution in [0.5, 0.6) is 0 Å².